The molecule has 0 saturated heterocycles. The number of allylic oxidation sites excluding steroid dienone is 4. The fourth-order valence-electron chi connectivity index (χ4n) is 5.08. The molecule has 0 aromatic rings. The summed E-state index contributed by atoms with van der Waals surface area (Å²) in [7, 11) is 0. The van der Waals surface area contributed by atoms with Crippen LogP contribution in [0.3, 0.4) is 0 Å². The van der Waals surface area contributed by atoms with Crippen LogP contribution in [0.2, 0.25) is 0 Å². The third kappa shape index (κ3) is 1.20. The highest BCUT2D eigenvalue weighted by molar-refractivity contribution is 5.37. The van der Waals surface area contributed by atoms with Gasteiger partial charge in [-0.3, -0.25) is 0 Å². The second-order valence-corrected chi connectivity index (χ2v) is 6.17. The van der Waals surface area contributed by atoms with E-state index in [1.165, 1.54) is 0 Å². The quantitative estimate of drug-likeness (QED) is 0.603. The first-order valence-electron chi connectivity index (χ1n) is 6.62. The normalized spacial score (nSPS) is 51.2. The molecule has 0 heteroatoms. The summed E-state index contributed by atoms with van der Waals surface area (Å²) in [6.07, 6.45) is 16.9. The predicted octanol–water partition coefficient (Wildman–Crippen LogP) is 3.76. The van der Waals surface area contributed by atoms with E-state index in [1.807, 2.05) is 0 Å². The minimum Gasteiger partial charge on any atom is -0.0764 e. The maximum absolute atomic E-state index is 2.37. The highest BCUT2D eigenvalue weighted by Crippen LogP contribution is 2.58. The molecule has 0 N–H and O–H groups in total. The molecule has 0 atom stereocenters. The van der Waals surface area contributed by atoms with Crippen molar-refractivity contribution in [3.63, 3.8) is 0 Å². The fraction of sp³-hybridized carbons (Fsp3) is 0.667. The lowest BCUT2D eigenvalue weighted by Crippen LogP contribution is -2.45. The summed E-state index contributed by atoms with van der Waals surface area (Å²) in [5.41, 5.74) is 1.66. The standard InChI is InChI=1S/C15H19/c1-2-4-12(3-1)15-13-6-10-5-11(8-13)9-14(15)7-10/h1-4,10-11,13-15H,5-9H2. The molecule has 0 aromatic carbocycles. The van der Waals surface area contributed by atoms with Crippen molar-refractivity contribution >= 4 is 0 Å². The molecule has 4 bridgehead atoms. The van der Waals surface area contributed by atoms with Crippen molar-refractivity contribution in [1.82, 2.24) is 0 Å². The average molecular weight is 199 g/mol. The molecule has 15 heavy (non-hydrogen) atoms. The lowest BCUT2D eigenvalue weighted by atomic mass is 9.50. The average Bonchev–Trinajstić information content (AvgIpc) is 2.69. The van der Waals surface area contributed by atoms with E-state index in [-0.39, 0.29) is 0 Å². The van der Waals surface area contributed by atoms with Crippen LogP contribution in [0.15, 0.2) is 23.8 Å². The molecular weight excluding hydrogens is 180 g/mol. The van der Waals surface area contributed by atoms with E-state index in [9.17, 15) is 0 Å². The summed E-state index contributed by atoms with van der Waals surface area (Å²) in [5.74, 6) is 5.25. The third-order valence-corrected chi connectivity index (χ3v) is 5.30. The second kappa shape index (κ2) is 2.99. The molecular formula is C15H19. The summed E-state index contributed by atoms with van der Waals surface area (Å²) < 4.78 is 0. The molecule has 0 aliphatic heterocycles. The van der Waals surface area contributed by atoms with Crippen LogP contribution >= 0.6 is 0 Å². The van der Waals surface area contributed by atoms with E-state index in [4.69, 9.17) is 0 Å². The zero-order valence-corrected chi connectivity index (χ0v) is 9.23. The lowest BCUT2D eigenvalue weighted by Gasteiger charge is -2.54. The number of hydrogen-bond acceptors (Lipinski definition) is 0. The smallest absolute Gasteiger partial charge is 0.00536 e. The minimum atomic E-state index is 0.938. The van der Waals surface area contributed by atoms with Crippen molar-refractivity contribution in [3.8, 4) is 0 Å². The molecule has 0 aromatic heterocycles. The van der Waals surface area contributed by atoms with Gasteiger partial charge in [0, 0.05) is 6.42 Å². The molecule has 1 radical (unpaired) electrons. The summed E-state index contributed by atoms with van der Waals surface area (Å²) in [6.45, 7) is 0. The van der Waals surface area contributed by atoms with Crippen LogP contribution in [0.1, 0.15) is 32.1 Å². The van der Waals surface area contributed by atoms with E-state index in [1.54, 1.807) is 37.7 Å². The second-order valence-electron chi connectivity index (χ2n) is 6.17. The Balaban J connectivity index is 1.67. The van der Waals surface area contributed by atoms with Gasteiger partial charge >= 0.3 is 0 Å². The Kier molecular flexibility index (Phi) is 1.72. The SMILES string of the molecule is [CH]1C=CC(C2C3CC4CC(C3)CC2C4)=C1. The van der Waals surface area contributed by atoms with Crippen LogP contribution in [-0.4, -0.2) is 0 Å². The molecule has 4 fully saturated rings. The van der Waals surface area contributed by atoms with Gasteiger partial charge in [-0.1, -0.05) is 18.2 Å². The molecule has 0 amide bonds. The largest absolute Gasteiger partial charge is 0.0764 e. The molecule has 0 heterocycles. The first-order chi connectivity index (χ1) is 7.40. The van der Waals surface area contributed by atoms with Gasteiger partial charge in [0.15, 0.2) is 0 Å². The molecule has 0 spiro atoms. The zero-order chi connectivity index (χ0) is 9.83. The van der Waals surface area contributed by atoms with Crippen LogP contribution in [0.4, 0.5) is 0 Å². The van der Waals surface area contributed by atoms with Crippen LogP contribution in [0.25, 0.3) is 0 Å². The molecule has 4 saturated carbocycles. The molecule has 0 nitrogen and oxygen atoms in total. The van der Waals surface area contributed by atoms with Crippen LogP contribution in [0.5, 0.6) is 0 Å². The molecule has 5 rings (SSSR count). The van der Waals surface area contributed by atoms with Gasteiger partial charge in [-0.25, -0.2) is 0 Å². The molecule has 5 aliphatic carbocycles. The van der Waals surface area contributed by atoms with Crippen LogP contribution in [-0.2, 0) is 0 Å². The first kappa shape index (κ1) is 8.61. The Hall–Kier alpha value is -0.520. The van der Waals surface area contributed by atoms with Gasteiger partial charge in [-0.15, -0.1) is 0 Å². The summed E-state index contributed by atoms with van der Waals surface area (Å²) in [4.78, 5) is 0. The fourth-order valence-corrected chi connectivity index (χ4v) is 5.08. The van der Waals surface area contributed by atoms with Gasteiger partial charge < -0.3 is 0 Å². The van der Waals surface area contributed by atoms with Crippen molar-refractivity contribution in [2.45, 2.75) is 32.1 Å². The highest BCUT2D eigenvalue weighted by atomic mass is 14.5. The molecule has 79 valence electrons. The Morgan fingerprint density at radius 3 is 2.07 bits per heavy atom. The van der Waals surface area contributed by atoms with Crippen LogP contribution < -0.4 is 0 Å². The van der Waals surface area contributed by atoms with Gasteiger partial charge in [0.25, 0.3) is 0 Å². The monoisotopic (exact) mass is 199 g/mol. The van der Waals surface area contributed by atoms with Gasteiger partial charge in [0.2, 0.25) is 0 Å². The van der Waals surface area contributed by atoms with E-state index in [0.29, 0.717) is 0 Å². The highest BCUT2D eigenvalue weighted by Gasteiger charge is 2.48. The Morgan fingerprint density at radius 1 is 0.867 bits per heavy atom. The van der Waals surface area contributed by atoms with Crippen LogP contribution in [0, 0.1) is 36.0 Å². The summed E-state index contributed by atoms with van der Waals surface area (Å²) >= 11 is 0. The number of hydrogen-bond donors (Lipinski definition) is 0. The Bertz CT molecular complexity index is 306. The van der Waals surface area contributed by atoms with E-state index in [2.05, 4.69) is 24.6 Å². The van der Waals surface area contributed by atoms with E-state index >= 15 is 0 Å². The maximum atomic E-state index is 2.37. The van der Waals surface area contributed by atoms with E-state index < -0.39 is 0 Å². The van der Waals surface area contributed by atoms with Gasteiger partial charge in [0.05, 0.1) is 0 Å². The Labute approximate surface area is 92.4 Å². The van der Waals surface area contributed by atoms with Gasteiger partial charge in [-0.05, 0) is 67.3 Å². The van der Waals surface area contributed by atoms with Crippen molar-refractivity contribution in [2.24, 2.45) is 29.6 Å². The van der Waals surface area contributed by atoms with Crippen molar-refractivity contribution in [2.75, 3.05) is 0 Å². The van der Waals surface area contributed by atoms with Gasteiger partial charge in [-0.2, -0.15) is 0 Å². The minimum absolute atomic E-state index is 0.938. The van der Waals surface area contributed by atoms with Gasteiger partial charge in [0.1, 0.15) is 0 Å². The topological polar surface area (TPSA) is 0 Å². The van der Waals surface area contributed by atoms with Crippen molar-refractivity contribution in [3.05, 3.63) is 30.2 Å². The van der Waals surface area contributed by atoms with Crippen molar-refractivity contribution in [1.29, 1.82) is 0 Å². The molecule has 5 aliphatic rings. The first-order valence-corrected chi connectivity index (χ1v) is 6.62. The maximum Gasteiger partial charge on any atom is 0.00536 e. The Morgan fingerprint density at radius 2 is 1.53 bits per heavy atom. The molecule has 0 unspecified atom stereocenters. The van der Waals surface area contributed by atoms with E-state index in [0.717, 1.165) is 29.6 Å². The number of rotatable bonds is 1. The predicted molar refractivity (Wildman–Crippen MR) is 62.1 cm³/mol. The summed E-state index contributed by atoms with van der Waals surface area (Å²) in [6, 6.07) is 0. The third-order valence-electron chi connectivity index (χ3n) is 5.30. The summed E-state index contributed by atoms with van der Waals surface area (Å²) in [5, 5.41) is 0. The van der Waals surface area contributed by atoms with Crippen molar-refractivity contribution < 1.29 is 0 Å². The zero-order valence-electron chi connectivity index (χ0n) is 9.23. The lowest BCUT2D eigenvalue weighted by molar-refractivity contribution is -0.0193.